The maximum Gasteiger partial charge on any atom is 0.358 e. The van der Waals surface area contributed by atoms with Crippen LogP contribution in [-0.2, 0) is 6.54 Å². The number of unbranched alkanes of at least 4 members (excludes halogenated alkanes) is 1. The number of aromatic carboxylic acids is 1. The summed E-state index contributed by atoms with van der Waals surface area (Å²) in [6.07, 6.45) is 8.24. The number of aryl methyl sites for hydroxylation is 1. The molecule has 1 N–H and O–H groups in total. The molecule has 17 heavy (non-hydrogen) atoms. The largest absolute Gasteiger partial charge is 0.476 e. The molecule has 0 unspecified atom stereocenters. The molecule has 0 aliphatic heterocycles. The van der Waals surface area contributed by atoms with E-state index in [1.165, 1.54) is 11.8 Å². The Hall–Kier alpha value is -1.91. The Morgan fingerprint density at radius 2 is 2.35 bits per heavy atom. The first-order valence-corrected chi connectivity index (χ1v) is 5.55. The van der Waals surface area contributed by atoms with E-state index in [-0.39, 0.29) is 5.69 Å². The van der Waals surface area contributed by atoms with Crippen molar-refractivity contribution in [3.63, 3.8) is 0 Å². The second-order valence-corrected chi connectivity index (χ2v) is 3.88. The minimum atomic E-state index is -1.04. The SMILES string of the molecule is C=C/C=C(\C)CCCCn1cc(C(=O)O)nn1. The molecule has 1 rings (SSSR count). The average molecular weight is 235 g/mol. The fourth-order valence-corrected chi connectivity index (χ4v) is 1.47. The van der Waals surface area contributed by atoms with Gasteiger partial charge in [0.15, 0.2) is 5.69 Å². The van der Waals surface area contributed by atoms with Gasteiger partial charge >= 0.3 is 5.97 Å². The van der Waals surface area contributed by atoms with Gasteiger partial charge in [-0.05, 0) is 26.2 Å². The molecule has 92 valence electrons. The van der Waals surface area contributed by atoms with Gasteiger partial charge in [-0.25, -0.2) is 4.79 Å². The molecule has 0 saturated heterocycles. The Morgan fingerprint density at radius 3 is 2.94 bits per heavy atom. The summed E-state index contributed by atoms with van der Waals surface area (Å²) in [5.74, 6) is -1.04. The number of hydrogen-bond donors (Lipinski definition) is 1. The summed E-state index contributed by atoms with van der Waals surface area (Å²) in [7, 11) is 0. The van der Waals surface area contributed by atoms with Gasteiger partial charge in [-0.1, -0.05) is 29.5 Å². The van der Waals surface area contributed by atoms with Gasteiger partial charge in [-0.3, -0.25) is 4.68 Å². The van der Waals surface area contributed by atoms with Crippen molar-refractivity contribution in [1.29, 1.82) is 0 Å². The minimum absolute atomic E-state index is 0.00673. The smallest absolute Gasteiger partial charge is 0.358 e. The Morgan fingerprint density at radius 1 is 1.59 bits per heavy atom. The molecule has 0 saturated carbocycles. The first-order valence-electron chi connectivity index (χ1n) is 5.55. The lowest BCUT2D eigenvalue weighted by atomic mass is 10.1. The summed E-state index contributed by atoms with van der Waals surface area (Å²) < 4.78 is 1.57. The lowest BCUT2D eigenvalue weighted by Gasteiger charge is -2.01. The molecule has 0 atom stereocenters. The molecule has 0 fully saturated rings. The van der Waals surface area contributed by atoms with Crippen molar-refractivity contribution < 1.29 is 9.90 Å². The first-order chi connectivity index (χ1) is 8.13. The van der Waals surface area contributed by atoms with E-state index in [9.17, 15) is 4.79 Å². The third-order valence-corrected chi connectivity index (χ3v) is 2.37. The van der Waals surface area contributed by atoms with Crippen molar-refractivity contribution in [3.8, 4) is 0 Å². The molecule has 0 amide bonds. The van der Waals surface area contributed by atoms with Gasteiger partial charge in [-0.2, -0.15) is 0 Å². The molecule has 1 aromatic heterocycles. The Balaban J connectivity index is 2.29. The number of carboxylic acid groups (broad SMARTS) is 1. The molecule has 0 radical (unpaired) electrons. The summed E-state index contributed by atoms with van der Waals surface area (Å²) in [5.41, 5.74) is 1.29. The van der Waals surface area contributed by atoms with Gasteiger partial charge in [0.25, 0.3) is 0 Å². The van der Waals surface area contributed by atoms with Crippen molar-refractivity contribution in [2.45, 2.75) is 32.7 Å². The highest BCUT2D eigenvalue weighted by atomic mass is 16.4. The van der Waals surface area contributed by atoms with Crippen molar-refractivity contribution in [1.82, 2.24) is 15.0 Å². The monoisotopic (exact) mass is 235 g/mol. The van der Waals surface area contributed by atoms with Gasteiger partial charge in [-0.15, -0.1) is 5.10 Å². The zero-order valence-electron chi connectivity index (χ0n) is 9.96. The van der Waals surface area contributed by atoms with Crippen LogP contribution in [0.25, 0.3) is 0 Å². The highest BCUT2D eigenvalue weighted by Gasteiger charge is 2.07. The minimum Gasteiger partial charge on any atom is -0.476 e. The van der Waals surface area contributed by atoms with Crippen LogP contribution in [-0.4, -0.2) is 26.1 Å². The number of carboxylic acids is 1. The average Bonchev–Trinajstić information content (AvgIpc) is 2.73. The van der Waals surface area contributed by atoms with E-state index >= 15 is 0 Å². The second kappa shape index (κ2) is 6.62. The number of allylic oxidation sites excluding steroid dienone is 3. The Kier molecular flexibility index (Phi) is 5.13. The maximum atomic E-state index is 10.6. The van der Waals surface area contributed by atoms with Crippen molar-refractivity contribution >= 4 is 5.97 Å². The predicted molar refractivity (Wildman–Crippen MR) is 64.8 cm³/mol. The quantitative estimate of drug-likeness (QED) is 0.581. The third kappa shape index (κ3) is 4.63. The van der Waals surface area contributed by atoms with Crippen LogP contribution in [0.2, 0.25) is 0 Å². The number of aromatic nitrogens is 3. The number of carbonyl (C=O) groups is 1. The van der Waals surface area contributed by atoms with E-state index in [1.807, 2.05) is 6.08 Å². The molecule has 0 aromatic carbocycles. The van der Waals surface area contributed by atoms with E-state index in [0.717, 1.165) is 19.3 Å². The Bertz CT molecular complexity index is 421. The van der Waals surface area contributed by atoms with Crippen LogP contribution in [0.3, 0.4) is 0 Å². The normalized spacial score (nSPS) is 11.5. The maximum absolute atomic E-state index is 10.6. The number of nitrogens with zero attached hydrogens (tertiary/aromatic N) is 3. The highest BCUT2D eigenvalue weighted by Crippen LogP contribution is 2.07. The molecule has 1 aromatic rings. The Labute approximate surface area is 100 Å². The summed E-state index contributed by atoms with van der Waals surface area (Å²) >= 11 is 0. The lowest BCUT2D eigenvalue weighted by molar-refractivity contribution is 0.0690. The molecule has 5 heteroatoms. The standard InChI is InChI=1S/C12H17N3O2/c1-3-6-10(2)7-4-5-8-15-9-11(12(16)17)13-14-15/h3,6,9H,1,4-5,7-8H2,2H3,(H,16,17)/b10-6+. The third-order valence-electron chi connectivity index (χ3n) is 2.37. The molecule has 0 bridgehead atoms. The van der Waals surface area contributed by atoms with Crippen molar-refractivity contribution in [3.05, 3.63) is 36.2 Å². The van der Waals surface area contributed by atoms with Crippen molar-refractivity contribution in [2.75, 3.05) is 0 Å². The van der Waals surface area contributed by atoms with Gasteiger partial charge in [0.05, 0.1) is 6.20 Å². The summed E-state index contributed by atoms with van der Waals surface area (Å²) in [6.45, 7) is 6.41. The fraction of sp³-hybridized carbons (Fsp3) is 0.417. The summed E-state index contributed by atoms with van der Waals surface area (Å²) in [6, 6.07) is 0. The summed E-state index contributed by atoms with van der Waals surface area (Å²) in [5, 5.41) is 16.0. The topological polar surface area (TPSA) is 68.0 Å². The first kappa shape index (κ1) is 13.2. The molecule has 5 nitrogen and oxygen atoms in total. The van der Waals surface area contributed by atoms with E-state index < -0.39 is 5.97 Å². The van der Waals surface area contributed by atoms with E-state index in [1.54, 1.807) is 10.8 Å². The highest BCUT2D eigenvalue weighted by molar-refractivity contribution is 5.84. The predicted octanol–water partition coefficient (Wildman–Crippen LogP) is 2.28. The fourth-order valence-electron chi connectivity index (χ4n) is 1.47. The molecule has 0 aliphatic rings. The van der Waals surface area contributed by atoms with Crippen LogP contribution in [0, 0.1) is 0 Å². The van der Waals surface area contributed by atoms with Gasteiger partial charge in [0, 0.05) is 6.54 Å². The zero-order valence-corrected chi connectivity index (χ0v) is 9.96. The van der Waals surface area contributed by atoms with Crippen molar-refractivity contribution in [2.24, 2.45) is 0 Å². The molecular formula is C12H17N3O2. The molecular weight excluding hydrogens is 218 g/mol. The second-order valence-electron chi connectivity index (χ2n) is 3.88. The number of hydrogen-bond acceptors (Lipinski definition) is 3. The van der Waals surface area contributed by atoms with Crippen LogP contribution < -0.4 is 0 Å². The zero-order chi connectivity index (χ0) is 12.7. The van der Waals surface area contributed by atoms with Gasteiger partial charge < -0.3 is 5.11 Å². The van der Waals surface area contributed by atoms with Crippen LogP contribution in [0.4, 0.5) is 0 Å². The van der Waals surface area contributed by atoms with Gasteiger partial charge in [0.2, 0.25) is 0 Å². The number of rotatable bonds is 7. The molecule has 0 spiro atoms. The summed E-state index contributed by atoms with van der Waals surface area (Å²) in [4.78, 5) is 10.6. The van der Waals surface area contributed by atoms with E-state index in [0.29, 0.717) is 6.54 Å². The molecule has 0 aliphatic carbocycles. The van der Waals surface area contributed by atoms with Crippen LogP contribution in [0.15, 0.2) is 30.5 Å². The van der Waals surface area contributed by atoms with Crippen LogP contribution in [0.5, 0.6) is 0 Å². The van der Waals surface area contributed by atoms with Crippen LogP contribution >= 0.6 is 0 Å². The van der Waals surface area contributed by atoms with Gasteiger partial charge in [0.1, 0.15) is 0 Å². The van der Waals surface area contributed by atoms with Crippen LogP contribution in [0.1, 0.15) is 36.7 Å². The van der Waals surface area contributed by atoms with E-state index in [4.69, 9.17) is 5.11 Å². The van der Waals surface area contributed by atoms with E-state index in [2.05, 4.69) is 23.8 Å². The lowest BCUT2D eigenvalue weighted by Crippen LogP contribution is -1.99. The molecule has 1 heterocycles.